The van der Waals surface area contributed by atoms with Crippen LogP contribution in [-0.2, 0) is 0 Å². The Kier molecular flexibility index (Phi) is 6.21. The maximum Gasteiger partial charge on any atom is 0.224 e. The first-order chi connectivity index (χ1) is 8.13. The van der Waals surface area contributed by atoms with E-state index in [0.717, 1.165) is 36.3 Å². The van der Waals surface area contributed by atoms with E-state index >= 15 is 0 Å². The normalized spacial score (nSPS) is 10.6. The largest absolute Gasteiger partial charge is 0.368 e. The molecule has 0 aliphatic carbocycles. The molecule has 0 fully saturated rings. The topological polar surface area (TPSA) is 53.1 Å². The van der Waals surface area contributed by atoms with Gasteiger partial charge in [0.05, 0.1) is 4.47 Å². The summed E-state index contributed by atoms with van der Waals surface area (Å²) in [6.07, 6.45) is 2.83. The van der Waals surface area contributed by atoms with E-state index < -0.39 is 0 Å². The summed E-state index contributed by atoms with van der Waals surface area (Å²) in [7, 11) is 4.09. The third-order valence-corrected chi connectivity index (χ3v) is 2.71. The van der Waals surface area contributed by atoms with Gasteiger partial charge >= 0.3 is 0 Å². The Bertz CT molecular complexity index is 343. The van der Waals surface area contributed by atoms with Crippen LogP contribution in [0.4, 0.5) is 11.8 Å². The van der Waals surface area contributed by atoms with Crippen LogP contribution in [0.3, 0.4) is 0 Å². The Balaban J connectivity index is 2.56. The molecule has 0 aliphatic heterocycles. The second-order valence-corrected chi connectivity index (χ2v) is 4.90. The zero-order valence-corrected chi connectivity index (χ0v) is 12.2. The van der Waals surface area contributed by atoms with Crippen molar-refractivity contribution in [2.24, 2.45) is 0 Å². The molecule has 2 N–H and O–H groups in total. The molecule has 6 heteroatoms. The molecular weight excluding hydrogens is 282 g/mol. The highest BCUT2D eigenvalue weighted by molar-refractivity contribution is 9.10. The van der Waals surface area contributed by atoms with Crippen molar-refractivity contribution in [3.05, 3.63) is 10.7 Å². The molecule has 5 nitrogen and oxygen atoms in total. The smallest absolute Gasteiger partial charge is 0.224 e. The van der Waals surface area contributed by atoms with E-state index in [2.05, 4.69) is 48.4 Å². The third kappa shape index (κ3) is 5.32. The number of anilines is 2. The summed E-state index contributed by atoms with van der Waals surface area (Å²) in [5.41, 5.74) is 0. The van der Waals surface area contributed by atoms with E-state index in [4.69, 9.17) is 0 Å². The van der Waals surface area contributed by atoms with E-state index in [1.165, 1.54) is 0 Å². The fourth-order valence-electron chi connectivity index (χ4n) is 1.21. The monoisotopic (exact) mass is 301 g/mol. The number of likely N-dealkylation sites (N-methyl/N-ethyl adjacent to an activating group) is 1. The highest BCUT2D eigenvalue weighted by atomic mass is 79.9. The molecule has 96 valence electrons. The minimum Gasteiger partial charge on any atom is -0.368 e. The molecule has 0 bridgehead atoms. The number of nitrogens with zero attached hydrogens (tertiary/aromatic N) is 3. The van der Waals surface area contributed by atoms with Gasteiger partial charge in [-0.25, -0.2) is 4.98 Å². The Morgan fingerprint density at radius 1 is 1.29 bits per heavy atom. The molecule has 1 aromatic heterocycles. The molecule has 1 aromatic rings. The number of rotatable bonds is 7. The van der Waals surface area contributed by atoms with E-state index in [1.807, 2.05) is 14.1 Å². The van der Waals surface area contributed by atoms with Crippen molar-refractivity contribution in [3.8, 4) is 0 Å². The fourth-order valence-corrected chi connectivity index (χ4v) is 1.54. The highest BCUT2D eigenvalue weighted by Crippen LogP contribution is 2.19. The van der Waals surface area contributed by atoms with Gasteiger partial charge in [-0.15, -0.1) is 0 Å². The van der Waals surface area contributed by atoms with Gasteiger partial charge < -0.3 is 15.5 Å². The molecule has 0 saturated carbocycles. The van der Waals surface area contributed by atoms with Crippen molar-refractivity contribution in [1.82, 2.24) is 14.9 Å². The van der Waals surface area contributed by atoms with Crippen molar-refractivity contribution in [2.45, 2.75) is 13.3 Å². The second-order valence-electron chi connectivity index (χ2n) is 4.05. The van der Waals surface area contributed by atoms with Crippen LogP contribution in [0.15, 0.2) is 10.7 Å². The lowest BCUT2D eigenvalue weighted by molar-refractivity contribution is 0.425. The Labute approximate surface area is 111 Å². The predicted molar refractivity (Wildman–Crippen MR) is 75.6 cm³/mol. The lowest BCUT2D eigenvalue weighted by atomic mass is 10.5. The number of nitrogens with one attached hydrogen (secondary N) is 2. The Morgan fingerprint density at radius 2 is 2.06 bits per heavy atom. The van der Waals surface area contributed by atoms with Gasteiger partial charge in [-0.3, -0.25) is 0 Å². The Hall–Kier alpha value is -0.880. The average molecular weight is 302 g/mol. The first-order valence-corrected chi connectivity index (χ1v) is 6.57. The van der Waals surface area contributed by atoms with Crippen LogP contribution in [0.2, 0.25) is 0 Å². The van der Waals surface area contributed by atoms with Gasteiger partial charge in [0.25, 0.3) is 0 Å². The summed E-state index contributed by atoms with van der Waals surface area (Å²) in [6.45, 7) is 4.82. The van der Waals surface area contributed by atoms with Crippen LogP contribution in [-0.4, -0.2) is 48.6 Å². The minimum absolute atomic E-state index is 0.669. The zero-order chi connectivity index (χ0) is 12.7. The van der Waals surface area contributed by atoms with Gasteiger partial charge in [-0.1, -0.05) is 6.92 Å². The lowest BCUT2D eigenvalue weighted by Crippen LogP contribution is -2.21. The second kappa shape index (κ2) is 7.45. The van der Waals surface area contributed by atoms with Gasteiger partial charge in [0, 0.05) is 25.8 Å². The van der Waals surface area contributed by atoms with Crippen molar-refractivity contribution in [3.63, 3.8) is 0 Å². The maximum atomic E-state index is 4.41. The molecule has 0 radical (unpaired) electrons. The molecule has 0 unspecified atom stereocenters. The zero-order valence-electron chi connectivity index (χ0n) is 10.6. The van der Waals surface area contributed by atoms with Gasteiger partial charge in [-0.2, -0.15) is 4.98 Å². The summed E-state index contributed by atoms with van der Waals surface area (Å²) in [5.74, 6) is 1.50. The summed E-state index contributed by atoms with van der Waals surface area (Å²) in [6, 6.07) is 0. The standard InChI is InChI=1S/C11H20BrN5/c1-4-5-14-11-15-8-9(12)10(16-11)13-6-7-17(2)3/h8H,4-7H2,1-3H3,(H2,13,14,15,16). The van der Waals surface area contributed by atoms with Crippen LogP contribution in [0, 0.1) is 0 Å². The highest BCUT2D eigenvalue weighted by Gasteiger charge is 2.04. The molecule has 0 spiro atoms. The SMILES string of the molecule is CCCNc1ncc(Br)c(NCCN(C)C)n1. The quantitative estimate of drug-likeness (QED) is 0.807. The predicted octanol–water partition coefficient (Wildman–Crippen LogP) is 2.03. The summed E-state index contributed by atoms with van der Waals surface area (Å²) >= 11 is 3.44. The number of aromatic nitrogens is 2. The van der Waals surface area contributed by atoms with Gasteiger partial charge in [-0.05, 0) is 36.4 Å². The van der Waals surface area contributed by atoms with E-state index in [0.29, 0.717) is 5.95 Å². The van der Waals surface area contributed by atoms with Crippen LogP contribution in [0.5, 0.6) is 0 Å². The molecule has 1 heterocycles. The average Bonchev–Trinajstić information content (AvgIpc) is 2.29. The van der Waals surface area contributed by atoms with Crippen LogP contribution >= 0.6 is 15.9 Å². The maximum absolute atomic E-state index is 4.41. The number of hydrogen-bond acceptors (Lipinski definition) is 5. The van der Waals surface area contributed by atoms with E-state index in [9.17, 15) is 0 Å². The Morgan fingerprint density at radius 3 is 2.71 bits per heavy atom. The third-order valence-electron chi connectivity index (χ3n) is 2.13. The molecule has 1 rings (SSSR count). The summed E-state index contributed by atoms with van der Waals surface area (Å²) in [4.78, 5) is 10.7. The van der Waals surface area contributed by atoms with Crippen LogP contribution in [0.25, 0.3) is 0 Å². The molecule has 0 amide bonds. The van der Waals surface area contributed by atoms with E-state index in [1.54, 1.807) is 6.20 Å². The first-order valence-electron chi connectivity index (χ1n) is 5.78. The molecule has 0 atom stereocenters. The molecule has 0 aliphatic rings. The van der Waals surface area contributed by atoms with E-state index in [-0.39, 0.29) is 0 Å². The lowest BCUT2D eigenvalue weighted by Gasteiger charge is -2.12. The van der Waals surface area contributed by atoms with Gasteiger partial charge in [0.15, 0.2) is 0 Å². The summed E-state index contributed by atoms with van der Waals surface area (Å²) in [5, 5.41) is 6.45. The molecule has 0 saturated heterocycles. The van der Waals surface area contributed by atoms with Crippen LogP contribution < -0.4 is 10.6 Å². The number of halogens is 1. The van der Waals surface area contributed by atoms with Crippen molar-refractivity contribution in [1.29, 1.82) is 0 Å². The minimum atomic E-state index is 0.669. The molecule has 0 aromatic carbocycles. The number of hydrogen-bond donors (Lipinski definition) is 2. The van der Waals surface area contributed by atoms with Crippen molar-refractivity contribution < 1.29 is 0 Å². The molecular formula is C11H20BrN5. The summed E-state index contributed by atoms with van der Waals surface area (Å²) < 4.78 is 0.887. The van der Waals surface area contributed by atoms with Crippen molar-refractivity contribution in [2.75, 3.05) is 44.4 Å². The van der Waals surface area contributed by atoms with Gasteiger partial charge in [0.2, 0.25) is 5.95 Å². The van der Waals surface area contributed by atoms with Crippen LogP contribution in [0.1, 0.15) is 13.3 Å². The van der Waals surface area contributed by atoms with Crippen molar-refractivity contribution >= 4 is 27.7 Å². The fraction of sp³-hybridized carbons (Fsp3) is 0.636. The molecule has 17 heavy (non-hydrogen) atoms. The first kappa shape index (κ1) is 14.2. The van der Waals surface area contributed by atoms with Gasteiger partial charge in [0.1, 0.15) is 5.82 Å².